The van der Waals surface area contributed by atoms with Crippen molar-refractivity contribution in [1.29, 1.82) is 0 Å². The first-order valence-electron chi connectivity index (χ1n) is 15.1. The Balaban J connectivity index is 3.02. The third-order valence-electron chi connectivity index (χ3n) is 6.39. The summed E-state index contributed by atoms with van der Waals surface area (Å²) in [5, 5.41) is 0. The summed E-state index contributed by atoms with van der Waals surface area (Å²) in [5.74, 6) is 0. The molecule has 0 aliphatic carbocycles. The van der Waals surface area contributed by atoms with Crippen LogP contribution in [0.5, 0.6) is 0 Å². The molecule has 3 aliphatic heterocycles. The second-order valence-corrected chi connectivity index (χ2v) is 39.2. The molecule has 0 amide bonds. The van der Waals surface area contributed by atoms with Crippen LogP contribution in [-0.2, 0) is 45.3 Å². The normalized spacial score (nSPS) is 39.1. The average Bonchev–Trinajstić information content (AvgIpc) is 2.89. The van der Waals surface area contributed by atoms with Crippen molar-refractivity contribution < 1.29 is 50.1 Å². The van der Waals surface area contributed by atoms with Crippen molar-refractivity contribution in [2.75, 3.05) is 0 Å². The van der Waals surface area contributed by atoms with E-state index >= 15 is 0 Å². The number of hydrogen-bond acceptors (Lipinski definition) is 12. The van der Waals surface area contributed by atoms with Crippen LogP contribution in [0.4, 0.5) is 0 Å². The zero-order chi connectivity index (χ0) is 32.0. The van der Waals surface area contributed by atoms with Crippen LogP contribution in [0.25, 0.3) is 0 Å². The zero-order valence-corrected chi connectivity index (χ0v) is 37.9. The molecule has 4 radical (unpaired) electrons. The summed E-state index contributed by atoms with van der Waals surface area (Å²) in [6.45, 7) is 26.1. The van der Waals surface area contributed by atoms with E-state index in [9.17, 15) is 4.80 Å². The highest BCUT2D eigenvalue weighted by atomic mass is 28.6. The molecule has 22 heteroatoms. The molecule has 3 aliphatic rings. The van der Waals surface area contributed by atoms with Crippen LogP contribution in [-0.4, -0.2) is 94.0 Å². The Bertz CT molecular complexity index is 794. The van der Waals surface area contributed by atoms with E-state index in [0.717, 1.165) is 0 Å². The molecule has 3 heterocycles. The minimum Gasteiger partial charge on any atom is -0.416 e. The van der Waals surface area contributed by atoms with E-state index in [2.05, 4.69) is 26.2 Å². The van der Waals surface area contributed by atoms with Gasteiger partial charge in [-0.2, -0.15) is 0 Å². The summed E-state index contributed by atoms with van der Waals surface area (Å²) in [5.41, 5.74) is 0. The first kappa shape index (κ1) is 39.9. The Morgan fingerprint density at radius 3 is 1.10 bits per heavy atom. The minimum absolute atomic E-state index is 0.218. The van der Waals surface area contributed by atoms with Gasteiger partial charge in [0.25, 0.3) is 0 Å². The Morgan fingerprint density at radius 1 is 0.500 bits per heavy atom. The van der Waals surface area contributed by atoms with Crippen LogP contribution in [0, 0.1) is 0 Å². The molecule has 4 atom stereocenters. The molecule has 3 fully saturated rings. The lowest BCUT2D eigenvalue weighted by molar-refractivity contribution is 0.0531. The Morgan fingerprint density at radius 2 is 0.833 bits per heavy atom. The van der Waals surface area contributed by atoms with Gasteiger partial charge in [-0.1, -0.05) is 48.5 Å². The Kier molecular flexibility index (Phi) is 15.4. The summed E-state index contributed by atoms with van der Waals surface area (Å²) in [6, 6.07) is 2.93. The van der Waals surface area contributed by atoms with Gasteiger partial charge < -0.3 is 50.1 Å². The highest BCUT2D eigenvalue weighted by Crippen LogP contribution is 2.42. The molecule has 0 aromatic carbocycles. The van der Waals surface area contributed by atoms with Crippen molar-refractivity contribution in [2.45, 2.75) is 130 Å². The number of rotatable bonds is 13. The Labute approximate surface area is 268 Å². The molecule has 42 heavy (non-hydrogen) atoms. The molecule has 4 unspecified atom stereocenters. The van der Waals surface area contributed by atoms with Gasteiger partial charge in [-0.05, 0) is 45.3 Å². The lowest BCUT2D eigenvalue weighted by Gasteiger charge is -2.52. The van der Waals surface area contributed by atoms with Crippen LogP contribution in [0.15, 0.2) is 0 Å². The van der Waals surface area contributed by atoms with Crippen molar-refractivity contribution in [1.82, 2.24) is 0 Å². The summed E-state index contributed by atoms with van der Waals surface area (Å²) in [6.07, 6.45) is 0. The molecule has 246 valence electrons. The zero-order valence-electron chi connectivity index (χ0n) is 27.9. The fourth-order valence-electron chi connectivity index (χ4n) is 4.44. The highest BCUT2D eigenvalue weighted by molar-refractivity contribution is 6.95. The molecule has 0 aromatic heterocycles. The van der Waals surface area contributed by atoms with Gasteiger partial charge in [0.2, 0.25) is 0 Å². The topological polar surface area (TPSA) is 122 Å². The highest BCUT2D eigenvalue weighted by Gasteiger charge is 2.70. The number of hydrogen-bond donors (Lipinski definition) is 1. The first-order chi connectivity index (χ1) is 19.5. The molecule has 0 saturated carbocycles. The van der Waals surface area contributed by atoms with Crippen LogP contribution in [0.3, 0.4) is 0 Å². The van der Waals surface area contributed by atoms with Crippen LogP contribution in [0.2, 0.25) is 81.6 Å². The maximum Gasteiger partial charge on any atom is 0.483 e. The van der Waals surface area contributed by atoms with Gasteiger partial charge in [0.1, 0.15) is 0 Å². The van der Waals surface area contributed by atoms with Crippen LogP contribution < -0.4 is 0 Å². The average molecular weight is 768 g/mol. The molecule has 0 spiro atoms. The maximum atomic E-state index is 12.1. The molecule has 3 rings (SSSR count). The van der Waals surface area contributed by atoms with E-state index in [0.29, 0.717) is 36.3 Å². The lowest BCUT2D eigenvalue weighted by atomic mass is 11.0. The molecular formula is C20H54O12Si10. The molecule has 1 N–H and O–H groups in total. The third kappa shape index (κ3) is 10.1. The molecule has 3 saturated heterocycles. The minimum atomic E-state index is -3.99. The van der Waals surface area contributed by atoms with Crippen LogP contribution >= 0.6 is 0 Å². The van der Waals surface area contributed by atoms with E-state index in [-0.39, 0.29) is 6.04 Å². The molecule has 2 bridgehead atoms. The predicted molar refractivity (Wildman–Crippen MR) is 180 cm³/mol. The summed E-state index contributed by atoms with van der Waals surface area (Å²) < 4.78 is 75.8. The second-order valence-electron chi connectivity index (χ2n) is 10.8. The van der Waals surface area contributed by atoms with Gasteiger partial charge >= 0.3 is 62.1 Å². The second kappa shape index (κ2) is 16.2. The third-order valence-corrected chi connectivity index (χ3v) is 40.1. The fourth-order valence-corrected chi connectivity index (χ4v) is 46.3. The van der Waals surface area contributed by atoms with Gasteiger partial charge in [-0.15, -0.1) is 0 Å². The smallest absolute Gasteiger partial charge is 0.416 e. The van der Waals surface area contributed by atoms with E-state index < -0.39 is 89.2 Å². The fraction of sp³-hybridized carbons (Fsp3) is 1.00. The van der Waals surface area contributed by atoms with Gasteiger partial charge in [0.05, 0.1) is 0 Å². The lowest BCUT2D eigenvalue weighted by Crippen LogP contribution is -2.77. The van der Waals surface area contributed by atoms with Gasteiger partial charge in [-0.3, -0.25) is 0 Å². The molecule has 12 nitrogen and oxygen atoms in total. The largest absolute Gasteiger partial charge is 0.483 e. The van der Waals surface area contributed by atoms with E-state index in [4.69, 9.17) is 45.3 Å². The molecular weight excluding hydrogens is 713 g/mol. The number of fused-ring (bicyclic) bond motifs is 10. The van der Waals surface area contributed by atoms with Crippen molar-refractivity contribution >= 4 is 89.2 Å². The SMILES string of the molecule is CC[Si]1O[Si](CC)(O[Si](C)C)O[Si]2(CC)O[Si](O)(CC)O[Si](CC)(O[Si](CC)(O[Si](C)C)O1)O[Si](CC)(O[Si](C)C)O2. The quantitative estimate of drug-likeness (QED) is 0.248. The van der Waals surface area contributed by atoms with Crippen molar-refractivity contribution in [3.63, 3.8) is 0 Å². The van der Waals surface area contributed by atoms with E-state index in [1.54, 1.807) is 0 Å². The summed E-state index contributed by atoms with van der Waals surface area (Å²) in [7, 11) is -28.1. The van der Waals surface area contributed by atoms with Crippen molar-refractivity contribution in [3.8, 4) is 0 Å². The van der Waals surface area contributed by atoms with E-state index in [1.165, 1.54) is 0 Å². The summed E-state index contributed by atoms with van der Waals surface area (Å²) in [4.78, 5) is 12.1. The standard InChI is InChI=1S/C20H54O12Si10/c1-14-36-25-38(16-3,22-33(8)9)29-41(19-6)27-37(21,15-2)28-42(20-7,30-39(17-4,26-36)23-34(10)11)32-40(18-5,31-41)24-35(12)13/h21H,14-20H2,1-13H3. The Hall–Kier alpha value is 1.69. The van der Waals surface area contributed by atoms with Crippen LogP contribution in [0.1, 0.15) is 48.5 Å². The van der Waals surface area contributed by atoms with Crippen molar-refractivity contribution in [3.05, 3.63) is 0 Å². The molecule has 0 aromatic rings. The maximum absolute atomic E-state index is 12.1. The van der Waals surface area contributed by atoms with E-state index in [1.807, 2.05) is 61.6 Å². The van der Waals surface area contributed by atoms with Gasteiger partial charge in [0.15, 0.2) is 27.1 Å². The van der Waals surface area contributed by atoms with Gasteiger partial charge in [-0.25, -0.2) is 0 Å². The monoisotopic (exact) mass is 766 g/mol. The summed E-state index contributed by atoms with van der Waals surface area (Å²) >= 11 is 0. The van der Waals surface area contributed by atoms with Gasteiger partial charge in [0, 0.05) is 36.3 Å². The predicted octanol–water partition coefficient (Wildman–Crippen LogP) is 5.20. The van der Waals surface area contributed by atoms with Crippen molar-refractivity contribution in [2.24, 2.45) is 0 Å². The first-order valence-corrected chi connectivity index (χ1v) is 35.5.